The molecule has 1 aliphatic carbocycles. The third kappa shape index (κ3) is 2.91. The highest BCUT2D eigenvalue weighted by Crippen LogP contribution is 2.38. The average molecular weight is 267 g/mol. The summed E-state index contributed by atoms with van der Waals surface area (Å²) in [4.78, 5) is 28.0. The Balaban J connectivity index is 1.93. The van der Waals surface area contributed by atoms with Crippen molar-refractivity contribution in [3.05, 3.63) is 0 Å². The summed E-state index contributed by atoms with van der Waals surface area (Å²) in [5.41, 5.74) is 5.41. The maximum atomic E-state index is 12.5. The maximum absolute atomic E-state index is 12.5. The molecule has 0 radical (unpaired) electrons. The topological polar surface area (TPSA) is 66.6 Å². The van der Waals surface area contributed by atoms with Gasteiger partial charge in [0.05, 0.1) is 12.0 Å². The molecule has 0 unspecified atom stereocenters. The molecule has 0 aromatic rings. The molecule has 0 aromatic heterocycles. The standard InChI is InChI=1S/C14H25N3O2/c1-16(10-12(18)17-8-4-5-9-17)13(19)14(11-15)6-2-3-7-14/h2-11,15H2,1H3. The van der Waals surface area contributed by atoms with Crippen molar-refractivity contribution in [3.63, 3.8) is 0 Å². The zero-order valence-electron chi connectivity index (χ0n) is 11.9. The minimum absolute atomic E-state index is 0.0556. The lowest BCUT2D eigenvalue weighted by atomic mass is 9.85. The van der Waals surface area contributed by atoms with Crippen molar-refractivity contribution in [2.45, 2.75) is 38.5 Å². The summed E-state index contributed by atoms with van der Waals surface area (Å²) in [6.07, 6.45) is 6.02. The van der Waals surface area contributed by atoms with Crippen molar-refractivity contribution in [2.75, 3.05) is 33.2 Å². The number of carbonyl (C=O) groups is 2. The molecule has 0 atom stereocenters. The lowest BCUT2D eigenvalue weighted by Gasteiger charge is -2.31. The van der Waals surface area contributed by atoms with Crippen molar-refractivity contribution < 1.29 is 9.59 Å². The molecule has 2 N–H and O–H groups in total. The van der Waals surface area contributed by atoms with Gasteiger partial charge in [0.15, 0.2) is 0 Å². The highest BCUT2D eigenvalue weighted by atomic mass is 16.2. The quantitative estimate of drug-likeness (QED) is 0.810. The van der Waals surface area contributed by atoms with Crippen LogP contribution < -0.4 is 5.73 Å². The fraction of sp³-hybridized carbons (Fsp3) is 0.857. The lowest BCUT2D eigenvalue weighted by Crippen LogP contribution is -2.48. The van der Waals surface area contributed by atoms with Gasteiger partial charge in [0, 0.05) is 26.7 Å². The summed E-state index contributed by atoms with van der Waals surface area (Å²) >= 11 is 0. The second-order valence-electron chi connectivity index (χ2n) is 5.94. The van der Waals surface area contributed by atoms with Crippen LogP contribution in [0.4, 0.5) is 0 Å². The normalized spacial score (nSPS) is 21.7. The van der Waals surface area contributed by atoms with Gasteiger partial charge < -0.3 is 15.5 Å². The van der Waals surface area contributed by atoms with E-state index in [2.05, 4.69) is 0 Å². The first-order chi connectivity index (χ1) is 9.09. The van der Waals surface area contributed by atoms with Gasteiger partial charge in [-0.25, -0.2) is 0 Å². The molecule has 2 fully saturated rings. The van der Waals surface area contributed by atoms with Gasteiger partial charge in [-0.2, -0.15) is 0 Å². The third-order valence-corrected chi connectivity index (χ3v) is 4.58. The maximum Gasteiger partial charge on any atom is 0.242 e. The van der Waals surface area contributed by atoms with Gasteiger partial charge in [0.25, 0.3) is 0 Å². The Kier molecular flexibility index (Phi) is 4.45. The zero-order valence-corrected chi connectivity index (χ0v) is 11.9. The first-order valence-corrected chi connectivity index (χ1v) is 7.32. The summed E-state index contributed by atoms with van der Waals surface area (Å²) in [6, 6.07) is 0. The summed E-state index contributed by atoms with van der Waals surface area (Å²) in [5, 5.41) is 0. The van der Waals surface area contributed by atoms with E-state index in [9.17, 15) is 9.59 Å². The van der Waals surface area contributed by atoms with E-state index in [0.29, 0.717) is 6.54 Å². The molecule has 1 heterocycles. The van der Waals surface area contributed by atoms with E-state index in [1.54, 1.807) is 11.9 Å². The van der Waals surface area contributed by atoms with Crippen LogP contribution in [0.1, 0.15) is 38.5 Å². The van der Waals surface area contributed by atoms with E-state index in [4.69, 9.17) is 5.73 Å². The largest absolute Gasteiger partial charge is 0.341 e. The van der Waals surface area contributed by atoms with Gasteiger partial charge >= 0.3 is 0 Å². The number of likely N-dealkylation sites (tertiary alicyclic amines) is 1. The molecule has 2 amide bonds. The highest BCUT2D eigenvalue weighted by molar-refractivity contribution is 5.88. The minimum atomic E-state index is -0.403. The van der Waals surface area contributed by atoms with Crippen LogP contribution in [0.25, 0.3) is 0 Å². The second-order valence-corrected chi connectivity index (χ2v) is 5.94. The molecule has 5 nitrogen and oxygen atoms in total. The number of nitrogens with two attached hydrogens (primary N) is 1. The first kappa shape index (κ1) is 14.3. The average Bonchev–Trinajstić information content (AvgIpc) is 3.09. The molecule has 1 saturated heterocycles. The van der Waals surface area contributed by atoms with Crippen molar-refractivity contribution in [1.82, 2.24) is 9.80 Å². The van der Waals surface area contributed by atoms with E-state index in [1.807, 2.05) is 4.90 Å². The molecular weight excluding hydrogens is 242 g/mol. The second kappa shape index (κ2) is 5.90. The molecule has 0 aromatic carbocycles. The number of rotatable bonds is 4. The Bertz CT molecular complexity index is 345. The molecular formula is C14H25N3O2. The first-order valence-electron chi connectivity index (χ1n) is 7.32. The fourth-order valence-corrected chi connectivity index (χ4v) is 3.30. The van der Waals surface area contributed by atoms with Crippen LogP contribution in [0.15, 0.2) is 0 Å². The molecule has 108 valence electrons. The van der Waals surface area contributed by atoms with Crippen LogP contribution >= 0.6 is 0 Å². The van der Waals surface area contributed by atoms with Crippen molar-refractivity contribution in [3.8, 4) is 0 Å². The van der Waals surface area contributed by atoms with E-state index in [1.165, 1.54) is 0 Å². The summed E-state index contributed by atoms with van der Waals surface area (Å²) in [7, 11) is 1.73. The van der Waals surface area contributed by atoms with Gasteiger partial charge in [-0.15, -0.1) is 0 Å². The molecule has 1 aliphatic heterocycles. The van der Waals surface area contributed by atoms with Crippen molar-refractivity contribution in [2.24, 2.45) is 11.1 Å². The zero-order chi connectivity index (χ0) is 13.9. The Morgan fingerprint density at radius 3 is 2.26 bits per heavy atom. The molecule has 5 heteroatoms. The number of amides is 2. The molecule has 19 heavy (non-hydrogen) atoms. The van der Waals surface area contributed by atoms with E-state index >= 15 is 0 Å². The Hall–Kier alpha value is -1.10. The summed E-state index contributed by atoms with van der Waals surface area (Å²) in [6.45, 7) is 2.26. The SMILES string of the molecule is CN(CC(=O)N1CCCC1)C(=O)C1(CN)CCCC1. The van der Waals surface area contributed by atoms with Gasteiger partial charge in [-0.1, -0.05) is 12.8 Å². The van der Waals surface area contributed by atoms with Crippen LogP contribution in [-0.4, -0.2) is 54.8 Å². The number of hydrogen-bond acceptors (Lipinski definition) is 3. The number of likely N-dealkylation sites (N-methyl/N-ethyl adjacent to an activating group) is 1. The van der Waals surface area contributed by atoms with Crippen LogP contribution in [0.5, 0.6) is 0 Å². The van der Waals surface area contributed by atoms with Gasteiger partial charge in [0.1, 0.15) is 0 Å². The molecule has 2 aliphatic rings. The predicted molar refractivity (Wildman–Crippen MR) is 73.4 cm³/mol. The number of nitrogens with zero attached hydrogens (tertiary/aromatic N) is 2. The molecule has 0 spiro atoms. The van der Waals surface area contributed by atoms with Crippen molar-refractivity contribution in [1.29, 1.82) is 0 Å². The monoisotopic (exact) mass is 267 g/mol. The van der Waals surface area contributed by atoms with Crippen LogP contribution in [-0.2, 0) is 9.59 Å². The molecule has 0 bridgehead atoms. The Labute approximate surface area is 115 Å². The predicted octanol–water partition coefficient (Wildman–Crippen LogP) is 0.586. The van der Waals surface area contributed by atoms with E-state index < -0.39 is 5.41 Å². The minimum Gasteiger partial charge on any atom is -0.341 e. The van der Waals surface area contributed by atoms with Crippen molar-refractivity contribution >= 4 is 11.8 Å². The van der Waals surface area contributed by atoms with E-state index in [-0.39, 0.29) is 18.4 Å². The Morgan fingerprint density at radius 2 is 1.74 bits per heavy atom. The third-order valence-electron chi connectivity index (χ3n) is 4.58. The van der Waals surface area contributed by atoms with Crippen LogP contribution in [0.2, 0.25) is 0 Å². The van der Waals surface area contributed by atoms with Gasteiger partial charge in [-0.05, 0) is 25.7 Å². The smallest absolute Gasteiger partial charge is 0.242 e. The number of carbonyl (C=O) groups excluding carboxylic acids is 2. The van der Waals surface area contributed by atoms with Gasteiger partial charge in [0.2, 0.25) is 11.8 Å². The molecule has 1 saturated carbocycles. The van der Waals surface area contributed by atoms with Crippen LogP contribution in [0, 0.1) is 5.41 Å². The fourth-order valence-electron chi connectivity index (χ4n) is 3.30. The van der Waals surface area contributed by atoms with Gasteiger partial charge in [-0.3, -0.25) is 9.59 Å². The highest BCUT2D eigenvalue weighted by Gasteiger charge is 2.41. The lowest BCUT2D eigenvalue weighted by molar-refractivity contribution is -0.145. The van der Waals surface area contributed by atoms with E-state index in [0.717, 1.165) is 51.6 Å². The number of hydrogen-bond donors (Lipinski definition) is 1. The van der Waals surface area contributed by atoms with Crippen LogP contribution in [0.3, 0.4) is 0 Å². The Morgan fingerprint density at radius 1 is 1.16 bits per heavy atom. The molecule has 2 rings (SSSR count). The summed E-state index contributed by atoms with van der Waals surface area (Å²) in [5.74, 6) is 0.124. The summed E-state index contributed by atoms with van der Waals surface area (Å²) < 4.78 is 0.